The lowest BCUT2D eigenvalue weighted by molar-refractivity contribution is -0.128. The number of nitrogens with one attached hydrogen (secondary N) is 2. The van der Waals surface area contributed by atoms with Crippen LogP contribution in [0.3, 0.4) is 0 Å². The monoisotopic (exact) mass is 385 g/mol. The molecule has 2 aliphatic rings. The molecule has 2 saturated heterocycles. The highest BCUT2D eigenvalue weighted by molar-refractivity contribution is 5.86. The molecule has 0 atom stereocenters. The fourth-order valence-electron chi connectivity index (χ4n) is 3.88. The molecule has 0 radical (unpaired) electrons. The van der Waals surface area contributed by atoms with Crippen molar-refractivity contribution < 1.29 is 4.79 Å². The van der Waals surface area contributed by atoms with E-state index in [0.717, 1.165) is 39.0 Å². The Bertz CT molecular complexity index is 631. The number of aliphatic imine (C=N–C) groups is 1. The second-order valence-corrected chi connectivity index (χ2v) is 7.79. The van der Waals surface area contributed by atoms with Gasteiger partial charge in [-0.3, -0.25) is 9.69 Å². The maximum Gasteiger partial charge on any atom is 0.241 e. The number of rotatable bonds is 7. The van der Waals surface area contributed by atoms with E-state index in [1.807, 2.05) is 11.8 Å². The van der Waals surface area contributed by atoms with Crippen molar-refractivity contribution in [2.45, 2.75) is 52.1 Å². The van der Waals surface area contributed by atoms with Crippen molar-refractivity contribution >= 4 is 11.9 Å². The van der Waals surface area contributed by atoms with Crippen molar-refractivity contribution in [3.8, 4) is 0 Å². The largest absolute Gasteiger partial charge is 0.357 e. The van der Waals surface area contributed by atoms with Crippen molar-refractivity contribution in [1.29, 1.82) is 0 Å². The molecule has 1 aromatic rings. The fraction of sp³-hybridized carbons (Fsp3) is 0.636. The van der Waals surface area contributed by atoms with Gasteiger partial charge < -0.3 is 15.5 Å². The van der Waals surface area contributed by atoms with Gasteiger partial charge in [0.2, 0.25) is 5.91 Å². The molecule has 1 amide bonds. The number of nitrogens with zero attached hydrogens (tertiary/aromatic N) is 3. The van der Waals surface area contributed by atoms with Crippen LogP contribution in [0, 0.1) is 0 Å². The lowest BCUT2D eigenvalue weighted by atomic mass is 10.1. The summed E-state index contributed by atoms with van der Waals surface area (Å²) >= 11 is 0. The van der Waals surface area contributed by atoms with Gasteiger partial charge in [-0.2, -0.15) is 0 Å². The molecule has 1 aromatic carbocycles. The molecule has 0 bridgehead atoms. The van der Waals surface area contributed by atoms with Crippen LogP contribution in [0.1, 0.15) is 50.2 Å². The van der Waals surface area contributed by atoms with Crippen molar-refractivity contribution in [3.63, 3.8) is 0 Å². The Morgan fingerprint density at radius 3 is 2.25 bits per heavy atom. The maximum absolute atomic E-state index is 12.2. The topological polar surface area (TPSA) is 60.0 Å². The molecule has 3 rings (SSSR count). The van der Waals surface area contributed by atoms with Crippen LogP contribution in [0.5, 0.6) is 0 Å². The summed E-state index contributed by atoms with van der Waals surface area (Å²) in [5.41, 5.74) is 2.56. The SMILES string of the molecule is CCNC(=NCc1ccc(CN2CCCCC2)cc1)NCC(=O)N1CCCC1. The Labute approximate surface area is 169 Å². The van der Waals surface area contributed by atoms with Gasteiger partial charge in [0.05, 0.1) is 13.1 Å². The smallest absolute Gasteiger partial charge is 0.241 e. The molecule has 2 aliphatic heterocycles. The van der Waals surface area contributed by atoms with E-state index in [2.05, 4.69) is 44.8 Å². The predicted molar refractivity (Wildman–Crippen MR) is 114 cm³/mol. The van der Waals surface area contributed by atoms with Crippen LogP contribution in [0.2, 0.25) is 0 Å². The van der Waals surface area contributed by atoms with Crippen LogP contribution in [-0.4, -0.2) is 60.9 Å². The van der Waals surface area contributed by atoms with E-state index >= 15 is 0 Å². The van der Waals surface area contributed by atoms with Gasteiger partial charge >= 0.3 is 0 Å². The van der Waals surface area contributed by atoms with E-state index in [1.54, 1.807) is 0 Å². The summed E-state index contributed by atoms with van der Waals surface area (Å²) < 4.78 is 0. The lowest BCUT2D eigenvalue weighted by Gasteiger charge is -2.26. The number of carbonyl (C=O) groups is 1. The Hall–Kier alpha value is -2.08. The minimum atomic E-state index is 0.158. The van der Waals surface area contributed by atoms with Crippen molar-refractivity contribution in [2.24, 2.45) is 4.99 Å². The Morgan fingerprint density at radius 1 is 0.929 bits per heavy atom. The lowest BCUT2D eigenvalue weighted by Crippen LogP contribution is -2.44. The van der Waals surface area contributed by atoms with Gasteiger partial charge in [-0.05, 0) is 56.8 Å². The molecule has 6 heteroatoms. The standard InChI is InChI=1S/C22H35N5O/c1-2-23-22(25-17-21(28)27-14-6-7-15-27)24-16-19-8-10-20(11-9-19)18-26-12-4-3-5-13-26/h8-11H,2-7,12-18H2,1H3,(H2,23,24,25). The molecule has 2 fully saturated rings. The number of carbonyl (C=O) groups excluding carboxylic acids is 1. The number of hydrogen-bond donors (Lipinski definition) is 2. The first-order chi connectivity index (χ1) is 13.7. The summed E-state index contributed by atoms with van der Waals surface area (Å²) in [4.78, 5) is 21.3. The minimum Gasteiger partial charge on any atom is -0.357 e. The molecule has 0 unspecified atom stereocenters. The summed E-state index contributed by atoms with van der Waals surface area (Å²) in [6, 6.07) is 8.77. The first kappa shape index (κ1) is 20.6. The molecule has 2 heterocycles. The molecular weight excluding hydrogens is 350 g/mol. The van der Waals surface area contributed by atoms with Gasteiger partial charge in [0.1, 0.15) is 0 Å². The third kappa shape index (κ3) is 6.51. The van der Waals surface area contributed by atoms with Crippen LogP contribution in [0.25, 0.3) is 0 Å². The third-order valence-corrected chi connectivity index (χ3v) is 5.51. The number of guanidine groups is 1. The van der Waals surface area contributed by atoms with Crippen molar-refractivity contribution in [3.05, 3.63) is 35.4 Å². The van der Waals surface area contributed by atoms with Gasteiger partial charge in [0, 0.05) is 26.2 Å². The number of amides is 1. The maximum atomic E-state index is 12.2. The number of hydrogen-bond acceptors (Lipinski definition) is 3. The molecule has 0 saturated carbocycles. The van der Waals surface area contributed by atoms with Crippen LogP contribution in [0.15, 0.2) is 29.3 Å². The van der Waals surface area contributed by atoms with E-state index < -0.39 is 0 Å². The van der Waals surface area contributed by atoms with Crippen LogP contribution >= 0.6 is 0 Å². The predicted octanol–water partition coefficient (Wildman–Crippen LogP) is 2.35. The van der Waals surface area contributed by atoms with Crippen molar-refractivity contribution in [1.82, 2.24) is 20.4 Å². The van der Waals surface area contributed by atoms with Gasteiger partial charge in [-0.15, -0.1) is 0 Å². The second-order valence-electron chi connectivity index (χ2n) is 7.79. The quantitative estimate of drug-likeness (QED) is 0.559. The van der Waals surface area contributed by atoms with E-state index in [0.29, 0.717) is 19.0 Å². The number of benzene rings is 1. The average molecular weight is 386 g/mol. The highest BCUT2D eigenvalue weighted by atomic mass is 16.2. The Balaban J connectivity index is 1.48. The van der Waals surface area contributed by atoms with E-state index in [9.17, 15) is 4.79 Å². The number of piperidine rings is 1. The first-order valence-electron chi connectivity index (χ1n) is 10.8. The normalized spacial score (nSPS) is 18.3. The highest BCUT2D eigenvalue weighted by Gasteiger charge is 2.17. The zero-order chi connectivity index (χ0) is 19.6. The van der Waals surface area contributed by atoms with E-state index in [-0.39, 0.29) is 5.91 Å². The van der Waals surface area contributed by atoms with Gasteiger partial charge in [-0.25, -0.2) is 4.99 Å². The average Bonchev–Trinajstić information content (AvgIpc) is 3.27. The van der Waals surface area contributed by atoms with Gasteiger partial charge in [-0.1, -0.05) is 30.7 Å². The number of likely N-dealkylation sites (tertiary alicyclic amines) is 2. The van der Waals surface area contributed by atoms with Gasteiger partial charge in [0.15, 0.2) is 5.96 Å². The first-order valence-corrected chi connectivity index (χ1v) is 10.8. The molecule has 2 N–H and O–H groups in total. The molecule has 0 aliphatic carbocycles. The molecule has 0 spiro atoms. The van der Waals surface area contributed by atoms with Crippen LogP contribution in [0.4, 0.5) is 0 Å². The van der Waals surface area contributed by atoms with E-state index in [1.165, 1.54) is 43.5 Å². The Kier molecular flexibility index (Phi) is 8.15. The fourth-order valence-corrected chi connectivity index (χ4v) is 3.88. The molecule has 0 aromatic heterocycles. The minimum absolute atomic E-state index is 0.158. The second kappa shape index (κ2) is 11.1. The molecule has 28 heavy (non-hydrogen) atoms. The summed E-state index contributed by atoms with van der Waals surface area (Å²) in [5, 5.41) is 6.40. The zero-order valence-corrected chi connectivity index (χ0v) is 17.3. The van der Waals surface area contributed by atoms with Crippen molar-refractivity contribution in [2.75, 3.05) is 39.3 Å². The van der Waals surface area contributed by atoms with Crippen LogP contribution in [-0.2, 0) is 17.9 Å². The van der Waals surface area contributed by atoms with E-state index in [4.69, 9.17) is 0 Å². The zero-order valence-electron chi connectivity index (χ0n) is 17.3. The summed E-state index contributed by atoms with van der Waals surface area (Å²) in [6.45, 7) is 8.99. The highest BCUT2D eigenvalue weighted by Crippen LogP contribution is 2.14. The summed E-state index contributed by atoms with van der Waals surface area (Å²) in [6.07, 6.45) is 6.26. The molecule has 154 valence electrons. The molecule has 6 nitrogen and oxygen atoms in total. The van der Waals surface area contributed by atoms with Gasteiger partial charge in [0.25, 0.3) is 0 Å². The summed E-state index contributed by atoms with van der Waals surface area (Å²) in [7, 11) is 0. The third-order valence-electron chi connectivity index (χ3n) is 5.51. The molecular formula is C22H35N5O. The summed E-state index contributed by atoms with van der Waals surface area (Å²) in [5.74, 6) is 0.859. The van der Waals surface area contributed by atoms with Crippen LogP contribution < -0.4 is 10.6 Å². The Morgan fingerprint density at radius 2 is 1.57 bits per heavy atom.